The third-order valence-corrected chi connectivity index (χ3v) is 4.90. The van der Waals surface area contributed by atoms with Gasteiger partial charge in [-0.15, -0.1) is 0 Å². The topological polar surface area (TPSA) is 95.9 Å². The van der Waals surface area contributed by atoms with Crippen molar-refractivity contribution in [2.24, 2.45) is 0 Å². The predicted octanol–water partition coefficient (Wildman–Crippen LogP) is 2.85. The Hall–Kier alpha value is -3.35. The Morgan fingerprint density at radius 1 is 1.03 bits per heavy atom. The van der Waals surface area contributed by atoms with E-state index in [-0.39, 0.29) is 25.0 Å². The van der Waals surface area contributed by atoms with Crippen LogP contribution in [0.2, 0.25) is 0 Å². The van der Waals surface area contributed by atoms with E-state index in [4.69, 9.17) is 9.84 Å². The lowest BCUT2D eigenvalue weighted by molar-refractivity contribution is -0.138. The van der Waals surface area contributed by atoms with Crippen LogP contribution in [0, 0.1) is 0 Å². The van der Waals surface area contributed by atoms with Crippen molar-refractivity contribution >= 4 is 18.0 Å². The lowest BCUT2D eigenvalue weighted by Crippen LogP contribution is -2.38. The van der Waals surface area contributed by atoms with Crippen molar-refractivity contribution < 1.29 is 24.2 Å². The fourth-order valence-corrected chi connectivity index (χ4v) is 3.62. The quantitative estimate of drug-likeness (QED) is 0.669. The van der Waals surface area contributed by atoms with E-state index in [2.05, 4.69) is 17.4 Å². The summed E-state index contributed by atoms with van der Waals surface area (Å²) in [6.07, 6.45) is -0.228. The average Bonchev–Trinajstić information content (AvgIpc) is 3.02. The molecule has 152 valence electrons. The summed E-state index contributed by atoms with van der Waals surface area (Å²) in [5.41, 5.74) is 4.44. The molecule has 7 nitrogen and oxygen atoms in total. The molecule has 2 N–H and O–H groups in total. The monoisotopic (exact) mass is 396 g/mol. The van der Waals surface area contributed by atoms with E-state index in [1.54, 1.807) is 0 Å². The molecule has 0 aliphatic heterocycles. The zero-order valence-corrected chi connectivity index (χ0v) is 16.3. The number of amides is 2. The lowest BCUT2D eigenvalue weighted by Gasteiger charge is -2.22. The Labute approximate surface area is 169 Å². The van der Waals surface area contributed by atoms with Gasteiger partial charge >= 0.3 is 12.1 Å². The minimum Gasteiger partial charge on any atom is -0.480 e. The van der Waals surface area contributed by atoms with E-state index in [0.717, 1.165) is 27.2 Å². The van der Waals surface area contributed by atoms with E-state index < -0.39 is 18.6 Å². The highest BCUT2D eigenvalue weighted by Gasteiger charge is 2.29. The molecule has 0 aromatic heterocycles. The van der Waals surface area contributed by atoms with Gasteiger partial charge in [0, 0.05) is 25.9 Å². The second-order valence-corrected chi connectivity index (χ2v) is 6.96. The lowest BCUT2D eigenvalue weighted by atomic mass is 9.98. The van der Waals surface area contributed by atoms with Crippen molar-refractivity contribution in [3.05, 3.63) is 59.7 Å². The van der Waals surface area contributed by atoms with E-state index in [0.29, 0.717) is 13.0 Å². The molecule has 0 spiro atoms. The molecule has 0 unspecified atom stereocenters. The minimum atomic E-state index is -1.11. The van der Waals surface area contributed by atoms with Gasteiger partial charge in [-0.1, -0.05) is 48.5 Å². The number of carbonyl (C=O) groups excluding carboxylic acids is 2. The van der Waals surface area contributed by atoms with Gasteiger partial charge in [0.1, 0.15) is 13.2 Å². The molecule has 2 amide bonds. The number of carboxylic acids is 1. The Morgan fingerprint density at radius 2 is 1.62 bits per heavy atom. The summed E-state index contributed by atoms with van der Waals surface area (Å²) in [5.74, 6) is -1.37. The molecular formula is C22H24N2O5. The summed E-state index contributed by atoms with van der Waals surface area (Å²) < 4.78 is 5.52. The van der Waals surface area contributed by atoms with Gasteiger partial charge in [0.25, 0.3) is 0 Å². The van der Waals surface area contributed by atoms with Gasteiger partial charge in [0.15, 0.2) is 0 Å². The number of nitrogens with zero attached hydrogens (tertiary/aromatic N) is 1. The normalized spacial score (nSPS) is 12.0. The smallest absolute Gasteiger partial charge is 0.410 e. The Bertz CT molecular complexity index is 866. The first-order valence-corrected chi connectivity index (χ1v) is 9.53. The summed E-state index contributed by atoms with van der Waals surface area (Å²) in [6, 6.07) is 16.0. The molecule has 2 aromatic carbocycles. The Kier molecular flexibility index (Phi) is 6.49. The first-order chi connectivity index (χ1) is 14.0. The van der Waals surface area contributed by atoms with Crippen LogP contribution in [0.3, 0.4) is 0 Å². The SMILES string of the molecule is CC(=O)NCCCN(CC(=O)O)C(=O)OCC1c2ccccc2-c2ccccc21. The second kappa shape index (κ2) is 9.23. The van der Waals surface area contributed by atoms with Gasteiger partial charge < -0.3 is 15.2 Å². The van der Waals surface area contributed by atoms with Crippen molar-refractivity contribution in [2.75, 3.05) is 26.2 Å². The van der Waals surface area contributed by atoms with Crippen molar-refractivity contribution in [1.82, 2.24) is 10.2 Å². The first kappa shape index (κ1) is 20.4. The second-order valence-electron chi connectivity index (χ2n) is 6.96. The van der Waals surface area contributed by atoms with Crippen molar-refractivity contribution in [3.8, 4) is 11.1 Å². The van der Waals surface area contributed by atoms with Gasteiger partial charge in [-0.3, -0.25) is 14.5 Å². The highest BCUT2D eigenvalue weighted by molar-refractivity contribution is 5.79. The van der Waals surface area contributed by atoms with Crippen LogP contribution >= 0.6 is 0 Å². The number of rotatable bonds is 8. The van der Waals surface area contributed by atoms with Crippen LogP contribution in [0.25, 0.3) is 11.1 Å². The molecule has 0 atom stereocenters. The summed E-state index contributed by atoms with van der Waals surface area (Å²) in [5, 5.41) is 11.7. The van der Waals surface area contributed by atoms with Crippen molar-refractivity contribution in [1.29, 1.82) is 0 Å². The van der Waals surface area contributed by atoms with E-state index in [1.165, 1.54) is 6.92 Å². The minimum absolute atomic E-state index is 0.0857. The molecule has 2 aromatic rings. The fraction of sp³-hybridized carbons (Fsp3) is 0.318. The fourth-order valence-electron chi connectivity index (χ4n) is 3.62. The molecule has 29 heavy (non-hydrogen) atoms. The third kappa shape index (κ3) is 4.93. The number of hydrogen-bond donors (Lipinski definition) is 2. The predicted molar refractivity (Wildman–Crippen MR) is 108 cm³/mol. The molecule has 7 heteroatoms. The first-order valence-electron chi connectivity index (χ1n) is 9.53. The van der Waals surface area contributed by atoms with Gasteiger partial charge in [-0.25, -0.2) is 4.79 Å². The van der Waals surface area contributed by atoms with Crippen LogP contribution < -0.4 is 5.32 Å². The number of fused-ring (bicyclic) bond motifs is 3. The van der Waals surface area contributed by atoms with Gasteiger partial charge in [0.05, 0.1) is 0 Å². The van der Waals surface area contributed by atoms with Crippen LogP contribution in [0.1, 0.15) is 30.4 Å². The maximum Gasteiger partial charge on any atom is 0.410 e. The zero-order chi connectivity index (χ0) is 20.8. The maximum absolute atomic E-state index is 12.5. The maximum atomic E-state index is 12.5. The Morgan fingerprint density at radius 3 is 2.17 bits per heavy atom. The van der Waals surface area contributed by atoms with Crippen LogP contribution in [-0.2, 0) is 14.3 Å². The van der Waals surface area contributed by atoms with E-state index >= 15 is 0 Å². The zero-order valence-electron chi connectivity index (χ0n) is 16.3. The van der Waals surface area contributed by atoms with Crippen LogP contribution in [0.5, 0.6) is 0 Å². The van der Waals surface area contributed by atoms with E-state index in [9.17, 15) is 14.4 Å². The van der Waals surface area contributed by atoms with Crippen LogP contribution in [-0.4, -0.2) is 54.2 Å². The van der Waals surface area contributed by atoms with E-state index in [1.807, 2.05) is 36.4 Å². The number of carbonyl (C=O) groups is 3. The van der Waals surface area contributed by atoms with Gasteiger partial charge in [-0.2, -0.15) is 0 Å². The molecule has 0 heterocycles. The number of nitrogens with one attached hydrogen (secondary N) is 1. The molecular weight excluding hydrogens is 372 g/mol. The molecule has 1 aliphatic carbocycles. The number of benzene rings is 2. The highest BCUT2D eigenvalue weighted by atomic mass is 16.6. The largest absolute Gasteiger partial charge is 0.480 e. The summed E-state index contributed by atoms with van der Waals surface area (Å²) in [6.45, 7) is 1.64. The molecule has 0 saturated heterocycles. The van der Waals surface area contributed by atoms with Gasteiger partial charge in [0.2, 0.25) is 5.91 Å². The standard InChI is InChI=1S/C22H24N2O5/c1-15(25)23-11-6-12-24(13-21(26)27)22(28)29-14-20-18-9-4-2-7-16(18)17-8-3-5-10-19(17)20/h2-5,7-10,20H,6,11-14H2,1H3,(H,23,25)(H,26,27). The third-order valence-electron chi connectivity index (χ3n) is 4.90. The van der Waals surface area contributed by atoms with Crippen molar-refractivity contribution in [3.63, 3.8) is 0 Å². The highest BCUT2D eigenvalue weighted by Crippen LogP contribution is 2.44. The molecule has 0 saturated carbocycles. The summed E-state index contributed by atoms with van der Waals surface area (Å²) >= 11 is 0. The number of aliphatic carboxylic acids is 1. The Balaban J connectivity index is 1.66. The number of carboxylic acid groups (broad SMARTS) is 1. The number of hydrogen-bond acceptors (Lipinski definition) is 4. The van der Waals surface area contributed by atoms with Crippen LogP contribution in [0.4, 0.5) is 4.79 Å². The summed E-state index contributed by atoms with van der Waals surface area (Å²) in [4.78, 5) is 35.8. The summed E-state index contributed by atoms with van der Waals surface area (Å²) in [7, 11) is 0. The van der Waals surface area contributed by atoms with Gasteiger partial charge in [-0.05, 0) is 28.7 Å². The average molecular weight is 396 g/mol. The molecule has 1 aliphatic rings. The van der Waals surface area contributed by atoms with Crippen LogP contribution in [0.15, 0.2) is 48.5 Å². The molecule has 3 rings (SSSR count). The number of ether oxygens (including phenoxy) is 1. The molecule has 0 radical (unpaired) electrons. The molecule has 0 fully saturated rings. The molecule has 0 bridgehead atoms. The van der Waals surface area contributed by atoms with Crippen molar-refractivity contribution in [2.45, 2.75) is 19.3 Å².